The second-order valence-corrected chi connectivity index (χ2v) is 8.57. The van der Waals surface area contributed by atoms with Crippen LogP contribution >= 0.6 is 0 Å². The number of ether oxygens (including phenoxy) is 2. The molecule has 156 valence electrons. The fraction of sp³-hybridized carbons (Fsp3) is 0.350. The normalized spacial score (nSPS) is 16.1. The number of amides is 1. The van der Waals surface area contributed by atoms with Crippen molar-refractivity contribution in [3.05, 3.63) is 48.5 Å². The summed E-state index contributed by atoms with van der Waals surface area (Å²) < 4.78 is 37.1. The van der Waals surface area contributed by atoms with Crippen molar-refractivity contribution in [1.29, 1.82) is 0 Å². The van der Waals surface area contributed by atoms with Gasteiger partial charge in [0.1, 0.15) is 11.8 Å². The van der Waals surface area contributed by atoms with Gasteiger partial charge in [0.05, 0.1) is 25.2 Å². The summed E-state index contributed by atoms with van der Waals surface area (Å²) in [6.45, 7) is 3.21. The van der Waals surface area contributed by atoms with Gasteiger partial charge in [-0.25, -0.2) is 8.42 Å². The maximum atomic E-state index is 12.6. The van der Waals surface area contributed by atoms with Gasteiger partial charge in [0, 0.05) is 30.5 Å². The quantitative estimate of drug-likeness (QED) is 0.714. The van der Waals surface area contributed by atoms with Gasteiger partial charge in [-0.3, -0.25) is 4.79 Å². The minimum absolute atomic E-state index is 0.194. The Morgan fingerprint density at radius 3 is 2.45 bits per heavy atom. The molecule has 29 heavy (non-hydrogen) atoms. The molecule has 3 rings (SSSR count). The molecule has 2 N–H and O–H groups in total. The first-order chi connectivity index (χ1) is 13.9. The molecule has 9 heteroatoms. The number of methoxy groups -OCH3 is 1. The molecular formula is C20H25N3O5S. The summed E-state index contributed by atoms with van der Waals surface area (Å²) in [4.78, 5) is 12.6. The van der Waals surface area contributed by atoms with Crippen LogP contribution in [-0.4, -0.2) is 58.1 Å². The average Bonchev–Trinajstić information content (AvgIpc) is 2.75. The standard InChI is InChI=1S/C20H25N3O5S/c1-15(21-17-4-3-5-18(14-17)27-2)20(24)22-16-6-8-19(9-7-16)29(25,26)23-10-12-28-13-11-23/h3-9,14-15,21H,10-13H2,1-2H3,(H,22,24)/t15-/m0/s1. The van der Waals surface area contributed by atoms with Crippen LogP contribution in [-0.2, 0) is 19.6 Å². The Hall–Kier alpha value is -2.62. The molecule has 2 aromatic rings. The number of hydrogen-bond donors (Lipinski definition) is 2. The average molecular weight is 420 g/mol. The highest BCUT2D eigenvalue weighted by Crippen LogP contribution is 2.20. The van der Waals surface area contributed by atoms with E-state index in [4.69, 9.17) is 9.47 Å². The van der Waals surface area contributed by atoms with Gasteiger partial charge in [-0.1, -0.05) is 6.07 Å². The lowest BCUT2D eigenvalue weighted by Crippen LogP contribution is -2.40. The number of morpholine rings is 1. The molecule has 2 aromatic carbocycles. The number of benzene rings is 2. The molecule has 0 saturated carbocycles. The van der Waals surface area contributed by atoms with E-state index in [0.717, 1.165) is 5.69 Å². The maximum absolute atomic E-state index is 12.6. The number of hydrogen-bond acceptors (Lipinski definition) is 6. The third kappa shape index (κ3) is 5.26. The second kappa shape index (κ2) is 9.25. The molecule has 0 unspecified atom stereocenters. The smallest absolute Gasteiger partial charge is 0.246 e. The van der Waals surface area contributed by atoms with E-state index in [0.29, 0.717) is 37.7 Å². The van der Waals surface area contributed by atoms with Crippen LogP contribution in [0.1, 0.15) is 6.92 Å². The maximum Gasteiger partial charge on any atom is 0.246 e. The topological polar surface area (TPSA) is 97.0 Å². The summed E-state index contributed by atoms with van der Waals surface area (Å²) in [6.07, 6.45) is 0. The van der Waals surface area contributed by atoms with E-state index in [9.17, 15) is 13.2 Å². The van der Waals surface area contributed by atoms with Crippen molar-refractivity contribution in [2.75, 3.05) is 44.0 Å². The number of anilines is 2. The molecule has 1 aliphatic rings. The Kier molecular flexibility index (Phi) is 6.73. The zero-order chi connectivity index (χ0) is 20.9. The first-order valence-corrected chi connectivity index (χ1v) is 10.7. The summed E-state index contributed by atoms with van der Waals surface area (Å²) in [5.41, 5.74) is 1.29. The van der Waals surface area contributed by atoms with Crippen LogP contribution in [0.3, 0.4) is 0 Å². The lowest BCUT2D eigenvalue weighted by atomic mass is 10.2. The van der Waals surface area contributed by atoms with Crippen LogP contribution in [0.15, 0.2) is 53.4 Å². The molecule has 1 atom stereocenters. The summed E-state index contributed by atoms with van der Waals surface area (Å²) in [5, 5.41) is 5.90. The molecule has 0 aliphatic carbocycles. The fourth-order valence-corrected chi connectivity index (χ4v) is 4.33. The van der Waals surface area contributed by atoms with Gasteiger partial charge >= 0.3 is 0 Å². The molecule has 0 spiro atoms. The Morgan fingerprint density at radius 1 is 1.10 bits per heavy atom. The molecule has 8 nitrogen and oxygen atoms in total. The van der Waals surface area contributed by atoms with E-state index < -0.39 is 16.1 Å². The van der Waals surface area contributed by atoms with Crippen molar-refractivity contribution in [1.82, 2.24) is 4.31 Å². The third-order valence-electron chi connectivity index (χ3n) is 4.58. The molecule has 0 aromatic heterocycles. The van der Waals surface area contributed by atoms with Crippen molar-refractivity contribution < 1.29 is 22.7 Å². The predicted octanol–water partition coefficient (Wildman–Crippen LogP) is 2.16. The summed E-state index contributed by atoms with van der Waals surface area (Å²) in [5.74, 6) is 0.455. The van der Waals surface area contributed by atoms with E-state index in [1.165, 1.54) is 16.4 Å². The minimum Gasteiger partial charge on any atom is -0.497 e. The summed E-state index contributed by atoms with van der Waals surface area (Å²) >= 11 is 0. The highest BCUT2D eigenvalue weighted by atomic mass is 32.2. The van der Waals surface area contributed by atoms with Gasteiger partial charge in [0.25, 0.3) is 0 Å². The summed E-state index contributed by atoms with van der Waals surface area (Å²) in [6, 6.07) is 13.0. The molecule has 1 saturated heterocycles. The number of carbonyl (C=O) groups is 1. The SMILES string of the molecule is COc1cccc(N[C@@H](C)C(=O)Nc2ccc(S(=O)(=O)N3CCOCC3)cc2)c1. The zero-order valence-electron chi connectivity index (χ0n) is 16.4. The number of rotatable bonds is 7. The highest BCUT2D eigenvalue weighted by molar-refractivity contribution is 7.89. The third-order valence-corrected chi connectivity index (χ3v) is 6.49. The Labute approximate surface area is 170 Å². The lowest BCUT2D eigenvalue weighted by molar-refractivity contribution is -0.116. The number of sulfonamides is 1. The zero-order valence-corrected chi connectivity index (χ0v) is 17.2. The Bertz CT molecular complexity index is 941. The van der Waals surface area contributed by atoms with Crippen LogP contribution < -0.4 is 15.4 Å². The predicted molar refractivity (Wildman–Crippen MR) is 111 cm³/mol. The molecule has 0 radical (unpaired) electrons. The Morgan fingerprint density at radius 2 is 1.79 bits per heavy atom. The van der Waals surface area contributed by atoms with Crippen LogP contribution in [0.4, 0.5) is 11.4 Å². The molecule has 1 aliphatic heterocycles. The highest BCUT2D eigenvalue weighted by Gasteiger charge is 2.26. The molecular weight excluding hydrogens is 394 g/mol. The fourth-order valence-electron chi connectivity index (χ4n) is 2.93. The lowest BCUT2D eigenvalue weighted by Gasteiger charge is -2.26. The van der Waals surface area contributed by atoms with Crippen molar-refractivity contribution in [3.8, 4) is 5.75 Å². The first kappa shape index (κ1) is 21.1. The van der Waals surface area contributed by atoms with Crippen LogP contribution in [0.5, 0.6) is 5.75 Å². The van der Waals surface area contributed by atoms with Crippen molar-refractivity contribution >= 4 is 27.3 Å². The van der Waals surface area contributed by atoms with E-state index in [2.05, 4.69) is 10.6 Å². The number of nitrogens with zero attached hydrogens (tertiary/aromatic N) is 1. The van der Waals surface area contributed by atoms with Crippen molar-refractivity contribution in [3.63, 3.8) is 0 Å². The van der Waals surface area contributed by atoms with E-state index >= 15 is 0 Å². The van der Waals surface area contributed by atoms with E-state index in [1.54, 1.807) is 32.2 Å². The second-order valence-electron chi connectivity index (χ2n) is 6.63. The van der Waals surface area contributed by atoms with Crippen LogP contribution in [0.2, 0.25) is 0 Å². The number of nitrogens with one attached hydrogen (secondary N) is 2. The monoisotopic (exact) mass is 419 g/mol. The van der Waals surface area contributed by atoms with E-state index in [1.807, 2.05) is 18.2 Å². The van der Waals surface area contributed by atoms with Crippen molar-refractivity contribution in [2.24, 2.45) is 0 Å². The van der Waals surface area contributed by atoms with Gasteiger partial charge in [-0.2, -0.15) is 4.31 Å². The van der Waals surface area contributed by atoms with E-state index in [-0.39, 0.29) is 10.8 Å². The number of carbonyl (C=O) groups excluding carboxylic acids is 1. The summed E-state index contributed by atoms with van der Waals surface area (Å²) in [7, 11) is -1.97. The molecule has 1 heterocycles. The van der Waals surface area contributed by atoms with Crippen LogP contribution in [0, 0.1) is 0 Å². The minimum atomic E-state index is -3.55. The van der Waals surface area contributed by atoms with Gasteiger partial charge in [0.15, 0.2) is 0 Å². The van der Waals surface area contributed by atoms with Crippen LogP contribution in [0.25, 0.3) is 0 Å². The van der Waals surface area contributed by atoms with Gasteiger partial charge in [0.2, 0.25) is 15.9 Å². The Balaban J connectivity index is 1.61. The molecule has 0 bridgehead atoms. The largest absolute Gasteiger partial charge is 0.497 e. The van der Waals surface area contributed by atoms with Crippen molar-refractivity contribution in [2.45, 2.75) is 17.9 Å². The molecule has 1 fully saturated rings. The van der Waals surface area contributed by atoms with Gasteiger partial charge in [-0.15, -0.1) is 0 Å². The first-order valence-electron chi connectivity index (χ1n) is 9.29. The van der Waals surface area contributed by atoms with Gasteiger partial charge in [-0.05, 0) is 43.3 Å². The van der Waals surface area contributed by atoms with Gasteiger partial charge < -0.3 is 20.1 Å². The molecule has 1 amide bonds.